The Balaban J connectivity index is 2.16. The minimum atomic E-state index is -1.11. The summed E-state index contributed by atoms with van der Waals surface area (Å²) in [5.41, 5.74) is 12.3. The molecule has 4 aromatic heterocycles. The van der Waals surface area contributed by atoms with E-state index in [1.807, 2.05) is 26.0 Å². The number of carbonyl (C=O) groups is 2. The lowest BCUT2D eigenvalue weighted by Crippen LogP contribution is -2.29. The average molecular weight is 639 g/mol. The van der Waals surface area contributed by atoms with Crippen LogP contribution in [0.15, 0.2) is 13.2 Å². The van der Waals surface area contributed by atoms with Gasteiger partial charge in [-0.1, -0.05) is 18.9 Å². The van der Waals surface area contributed by atoms with Crippen LogP contribution in [0, 0.1) is 38.5 Å². The van der Waals surface area contributed by atoms with E-state index in [0.717, 1.165) is 22.3 Å². The van der Waals surface area contributed by atoms with E-state index < -0.39 is 22.8 Å². The Morgan fingerprint density at radius 2 is 1.17 bits per heavy atom. The number of aromatic amines is 4. The van der Waals surface area contributed by atoms with Gasteiger partial charge in [0.05, 0.1) is 26.7 Å². The molecule has 0 aliphatic heterocycles. The predicted molar refractivity (Wildman–Crippen MR) is 181 cm³/mol. The maximum absolute atomic E-state index is 12.2. The number of carboxylic acids is 2. The summed E-state index contributed by atoms with van der Waals surface area (Å²) in [4.78, 5) is 37.1. The van der Waals surface area contributed by atoms with Crippen LogP contribution in [0.25, 0.3) is 29.3 Å². The second kappa shape index (κ2) is 12.3. The maximum atomic E-state index is 12.2. The summed E-state index contributed by atoms with van der Waals surface area (Å²) in [5, 5.41) is 44.0. The fraction of sp³-hybridized carbons (Fsp3) is 0.324. The Hall–Kier alpha value is -5.52. The SMILES string of the molecule is C=C=c1c(C)c(O)[nH]c1=C=c1[nH]c(=Cc2[nH]c(C=c3[nH]c(O)c(C)c3=C=C)c(C)c2CC(C)(C)C(=O)O)c(CC(C)(C)C(=O)O)c1C. The van der Waals surface area contributed by atoms with Crippen molar-refractivity contribution in [3.63, 3.8) is 0 Å². The van der Waals surface area contributed by atoms with Gasteiger partial charge in [0.2, 0.25) is 0 Å². The van der Waals surface area contributed by atoms with Crippen LogP contribution in [0.4, 0.5) is 0 Å². The van der Waals surface area contributed by atoms with Gasteiger partial charge in [0.15, 0.2) is 11.8 Å². The summed E-state index contributed by atoms with van der Waals surface area (Å²) >= 11 is 0. The van der Waals surface area contributed by atoms with Crippen molar-refractivity contribution < 1.29 is 30.0 Å². The number of aromatic nitrogens is 4. The zero-order valence-electron chi connectivity index (χ0n) is 28.1. The molecule has 0 saturated carbocycles. The first-order valence-corrected chi connectivity index (χ1v) is 15.1. The fourth-order valence-corrected chi connectivity index (χ4v) is 5.59. The molecule has 47 heavy (non-hydrogen) atoms. The molecule has 0 radical (unpaired) electrons. The third-order valence-corrected chi connectivity index (χ3v) is 8.92. The van der Waals surface area contributed by atoms with E-state index in [-0.39, 0.29) is 24.6 Å². The molecule has 10 nitrogen and oxygen atoms in total. The number of hydrogen-bond donors (Lipinski definition) is 8. The van der Waals surface area contributed by atoms with Crippen molar-refractivity contribution in [2.24, 2.45) is 10.8 Å². The predicted octanol–water partition coefficient (Wildman–Crippen LogP) is 1.49. The van der Waals surface area contributed by atoms with Crippen molar-refractivity contribution in [1.82, 2.24) is 19.9 Å². The first-order chi connectivity index (χ1) is 21.8. The molecule has 8 N–H and O–H groups in total. The van der Waals surface area contributed by atoms with Gasteiger partial charge in [-0.05, 0) is 103 Å². The summed E-state index contributed by atoms with van der Waals surface area (Å²) in [6.07, 6.45) is 4.06. The van der Waals surface area contributed by atoms with Crippen LogP contribution in [-0.4, -0.2) is 52.3 Å². The van der Waals surface area contributed by atoms with Crippen LogP contribution in [0.3, 0.4) is 0 Å². The van der Waals surface area contributed by atoms with E-state index in [9.17, 15) is 30.0 Å². The van der Waals surface area contributed by atoms with Gasteiger partial charge in [-0.3, -0.25) is 9.59 Å². The third kappa shape index (κ3) is 6.44. The van der Waals surface area contributed by atoms with Crippen molar-refractivity contribution >= 4 is 41.3 Å². The summed E-state index contributed by atoms with van der Waals surface area (Å²) in [5.74, 6) is -1.93. The Morgan fingerprint density at radius 1 is 0.660 bits per heavy atom. The van der Waals surface area contributed by atoms with E-state index in [2.05, 4.69) is 50.3 Å². The Labute approximate surface area is 271 Å². The van der Waals surface area contributed by atoms with Gasteiger partial charge < -0.3 is 40.4 Å². The van der Waals surface area contributed by atoms with Crippen molar-refractivity contribution in [2.75, 3.05) is 0 Å². The van der Waals surface area contributed by atoms with Gasteiger partial charge in [-0.25, -0.2) is 0 Å². The van der Waals surface area contributed by atoms with Crippen LogP contribution in [0.2, 0.25) is 0 Å². The van der Waals surface area contributed by atoms with Crippen molar-refractivity contribution in [3.05, 3.63) is 89.8 Å². The van der Waals surface area contributed by atoms with Crippen molar-refractivity contribution in [3.8, 4) is 11.8 Å². The van der Waals surface area contributed by atoms with E-state index >= 15 is 0 Å². The van der Waals surface area contributed by atoms with Gasteiger partial charge in [0.25, 0.3) is 0 Å². The minimum Gasteiger partial charge on any atom is -0.494 e. The summed E-state index contributed by atoms with van der Waals surface area (Å²) in [6.45, 7) is 21.4. The van der Waals surface area contributed by atoms with Crippen molar-refractivity contribution in [1.29, 1.82) is 0 Å². The molecule has 4 heterocycles. The zero-order valence-corrected chi connectivity index (χ0v) is 28.1. The number of H-pyrrole nitrogens is 4. The number of hydrogen-bond acceptors (Lipinski definition) is 4. The fourth-order valence-electron chi connectivity index (χ4n) is 5.59. The van der Waals surface area contributed by atoms with Gasteiger partial charge in [-0.15, -0.1) is 11.5 Å². The highest BCUT2D eigenvalue weighted by atomic mass is 16.4. The number of carboxylic acid groups (broad SMARTS) is 2. The number of aromatic hydroxyl groups is 2. The molecule has 0 bridgehead atoms. The smallest absolute Gasteiger partial charge is 0.309 e. The van der Waals surface area contributed by atoms with Crippen LogP contribution in [0.5, 0.6) is 11.8 Å². The monoisotopic (exact) mass is 638 g/mol. The zero-order chi connectivity index (χ0) is 35.2. The summed E-state index contributed by atoms with van der Waals surface area (Å²) in [7, 11) is 0. The summed E-state index contributed by atoms with van der Waals surface area (Å²) < 4.78 is 0. The van der Waals surface area contributed by atoms with Gasteiger partial charge in [0, 0.05) is 33.1 Å². The van der Waals surface area contributed by atoms with Gasteiger partial charge >= 0.3 is 11.9 Å². The largest absolute Gasteiger partial charge is 0.494 e. The molecule has 0 aliphatic rings. The quantitative estimate of drug-likeness (QED) is 0.145. The van der Waals surface area contributed by atoms with E-state index in [4.69, 9.17) is 0 Å². The number of rotatable bonds is 8. The van der Waals surface area contributed by atoms with Crippen LogP contribution < -0.4 is 31.8 Å². The molecule has 0 amide bonds. The van der Waals surface area contributed by atoms with Crippen LogP contribution >= 0.6 is 0 Å². The second-order valence-corrected chi connectivity index (χ2v) is 13.3. The van der Waals surface area contributed by atoms with E-state index in [1.165, 1.54) is 0 Å². The molecular weight excluding hydrogens is 596 g/mol. The normalized spacial score (nSPS) is 12.7. The molecular formula is C37H42N4O6. The highest BCUT2D eigenvalue weighted by Crippen LogP contribution is 2.29. The number of aliphatic carboxylic acids is 2. The topological polar surface area (TPSA) is 178 Å². The van der Waals surface area contributed by atoms with Gasteiger partial charge in [-0.2, -0.15) is 0 Å². The Kier molecular flexibility index (Phi) is 9.03. The summed E-state index contributed by atoms with van der Waals surface area (Å²) in [6, 6.07) is 0. The molecule has 0 spiro atoms. The molecule has 0 fully saturated rings. The molecule has 0 aliphatic carbocycles. The molecule has 246 valence electrons. The molecule has 0 saturated heterocycles. The minimum absolute atomic E-state index is 0.000924. The molecule has 10 heteroatoms. The second-order valence-electron chi connectivity index (χ2n) is 13.3. The van der Waals surface area contributed by atoms with E-state index in [1.54, 1.807) is 41.5 Å². The van der Waals surface area contributed by atoms with Crippen LogP contribution in [-0.2, 0) is 22.4 Å². The van der Waals surface area contributed by atoms with Gasteiger partial charge in [0.1, 0.15) is 5.35 Å². The molecule has 0 unspecified atom stereocenters. The lowest BCUT2D eigenvalue weighted by molar-refractivity contribution is -0.147. The first kappa shape index (κ1) is 34.4. The molecule has 0 aromatic carbocycles. The highest BCUT2D eigenvalue weighted by molar-refractivity contribution is 5.75. The first-order valence-electron chi connectivity index (χ1n) is 15.1. The lowest BCUT2D eigenvalue weighted by Gasteiger charge is -2.20. The molecule has 4 rings (SSSR count). The lowest BCUT2D eigenvalue weighted by atomic mass is 9.84. The maximum Gasteiger partial charge on any atom is 0.309 e. The van der Waals surface area contributed by atoms with E-state index in [0.29, 0.717) is 54.3 Å². The Bertz CT molecular complexity index is 2380. The van der Waals surface area contributed by atoms with Crippen LogP contribution in [0.1, 0.15) is 72.5 Å². The average Bonchev–Trinajstić information content (AvgIpc) is 3.62. The standard InChI is InChI=1S/C37H42N4O6/c1-11-22-20(5)32(42)40-28(22)13-26-18(3)24(16-36(7,8)34(44)45)30(38-26)15-31-25(17-37(9,10)35(46)47)19(4)27(39-31)14-29-23(12-2)21(6)33(43)41-29/h13,15,38-43H,1-2,16-17H2,3-10H3,(H,44,45)(H,46,47). The molecule has 4 aromatic rings. The Morgan fingerprint density at radius 3 is 1.72 bits per heavy atom. The number of nitrogens with one attached hydrogen (secondary N) is 4. The third-order valence-electron chi connectivity index (χ3n) is 8.92. The highest BCUT2D eigenvalue weighted by Gasteiger charge is 2.31. The molecule has 0 atom stereocenters. The van der Waals surface area contributed by atoms with Crippen molar-refractivity contribution in [2.45, 2.75) is 68.2 Å².